The SMILES string of the molecule is CCOc1cc(C(F)(F)F)cc2c1OCN(C(=O)[C@@]1(C3CC3)CC[C@@H](N3CCN(c4ccc(F)c(C(=O)O)c4)[C@@H](C)C3)CO1)C2.COC(=O)c1cc(N2CCN([C@@H]3CC[C@@](C(=O)N4COc5c(I)cc(C(F)(F)F)cc5C4)(C4CC4)OC3)C[C@@H]2C)ccc1F.COC(=O)c1cc(N2CCN([C@@H]3CC[C@@](C(=O)O)(C4CC4)OC3)C[C@@H]2C)ccc1F.Cc1ccc(C(F)(F)F)cc1CN.NCc1cc(C(F)(F)F)cc(I)c1O. The van der Waals surface area contributed by atoms with Crippen LogP contribution < -0.4 is 40.4 Å². The number of aromatic hydroxyl groups is 1. The predicted octanol–water partition coefficient (Wildman–Crippen LogP) is 18.1. The van der Waals surface area contributed by atoms with E-state index in [4.69, 9.17) is 44.6 Å². The lowest BCUT2D eigenvalue weighted by Crippen LogP contribution is -2.61. The number of aromatic carboxylic acids is 1. The molecule has 6 saturated heterocycles. The zero-order chi connectivity index (χ0) is 106. The molecule has 0 bridgehead atoms. The third-order valence-electron chi connectivity index (χ3n) is 29.2. The number of carbonyl (C=O) groups excluding carboxylic acids is 4. The molecule has 3 aliphatic carbocycles. The molecule has 8 aliphatic heterocycles. The Hall–Kier alpha value is -9.95. The number of carboxylic acid groups (broad SMARTS) is 2. The van der Waals surface area contributed by atoms with Crippen molar-refractivity contribution in [3.63, 3.8) is 0 Å². The zero-order valence-corrected chi connectivity index (χ0v) is 85.5. The van der Waals surface area contributed by atoms with Gasteiger partial charge in [0.1, 0.15) is 40.2 Å². The fraction of sp³-hybridized carbons (Fsp3) is 0.529. The molecule has 9 atom stereocenters. The molecule has 8 heterocycles. The number of esters is 2. The van der Waals surface area contributed by atoms with Crippen LogP contribution in [0.25, 0.3) is 0 Å². The first-order valence-corrected chi connectivity index (χ1v) is 50.4. The number of alkyl halides is 12. The van der Waals surface area contributed by atoms with Crippen LogP contribution in [0, 0.1) is 49.3 Å². The van der Waals surface area contributed by atoms with Crippen LogP contribution in [0.5, 0.6) is 23.0 Å². The number of halogens is 17. The number of nitrogens with two attached hydrogens (primary N) is 2. The van der Waals surface area contributed by atoms with Gasteiger partial charge in [-0.3, -0.25) is 24.3 Å². The summed E-state index contributed by atoms with van der Waals surface area (Å²) in [5.74, 6) is -5.24. The number of rotatable bonds is 19. The van der Waals surface area contributed by atoms with E-state index < -0.39 is 105 Å². The van der Waals surface area contributed by atoms with Crippen LogP contribution in [0.2, 0.25) is 0 Å². The van der Waals surface area contributed by atoms with Gasteiger partial charge in [0.05, 0.1) is 99.8 Å². The number of hydrogen-bond donors (Lipinski definition) is 5. The number of ether oxygens (including phenoxy) is 8. The van der Waals surface area contributed by atoms with E-state index in [0.717, 1.165) is 150 Å². The monoisotopic (exact) mass is 2290 g/mol. The molecule has 9 fully saturated rings. The Morgan fingerprint density at radius 3 is 1.18 bits per heavy atom. The van der Waals surface area contributed by atoms with Crippen molar-refractivity contribution in [3.05, 3.63) is 201 Å². The van der Waals surface area contributed by atoms with Crippen LogP contribution in [-0.4, -0.2) is 242 Å². The fourth-order valence-electron chi connectivity index (χ4n) is 20.8. The average molecular weight is 2290 g/mol. The number of anilines is 3. The van der Waals surface area contributed by atoms with Crippen molar-refractivity contribution in [1.82, 2.24) is 24.5 Å². The number of piperazine rings is 3. The van der Waals surface area contributed by atoms with E-state index in [0.29, 0.717) is 97.8 Å². The highest BCUT2D eigenvalue weighted by Gasteiger charge is 2.60. The van der Waals surface area contributed by atoms with Crippen LogP contribution in [0.3, 0.4) is 0 Å². The molecule has 0 aromatic heterocycles. The summed E-state index contributed by atoms with van der Waals surface area (Å²) in [5, 5.41) is 28.4. The van der Waals surface area contributed by atoms with Gasteiger partial charge in [-0.2, -0.15) is 52.7 Å². The van der Waals surface area contributed by atoms with Gasteiger partial charge in [-0.05, 0) is 289 Å². The van der Waals surface area contributed by atoms with Crippen LogP contribution in [0.4, 0.5) is 82.9 Å². The molecule has 2 amide bonds. The minimum absolute atomic E-state index is 0.0131. The van der Waals surface area contributed by atoms with E-state index in [9.17, 15) is 110 Å². The summed E-state index contributed by atoms with van der Waals surface area (Å²) in [6.45, 7) is 17.3. The summed E-state index contributed by atoms with van der Waals surface area (Å²) in [4.78, 5) is 91.5. The number of nitrogens with zero attached hydrogens (tertiary/aromatic N) is 8. The highest BCUT2D eigenvalue weighted by Crippen LogP contribution is 2.54. The second-order valence-electron chi connectivity index (χ2n) is 38.6. The Labute approximate surface area is 861 Å². The Kier molecular flexibility index (Phi) is 35.1. The maximum absolute atomic E-state index is 14.2. The highest BCUT2D eigenvalue weighted by atomic mass is 127. The number of benzene rings is 7. The van der Waals surface area contributed by atoms with Crippen LogP contribution in [-0.2, 0) is 89.0 Å². The van der Waals surface area contributed by atoms with Gasteiger partial charge in [0, 0.05) is 142 Å². The van der Waals surface area contributed by atoms with E-state index in [-0.39, 0.29) is 161 Å². The number of hydrogen-bond acceptors (Lipinski definition) is 23. The van der Waals surface area contributed by atoms with Crippen molar-refractivity contribution in [3.8, 4) is 23.0 Å². The molecule has 27 nitrogen and oxygen atoms in total. The maximum Gasteiger partial charge on any atom is 0.416 e. The summed E-state index contributed by atoms with van der Waals surface area (Å²) in [5.41, 5.74) is 8.11. The largest absolute Gasteiger partial charge is 0.507 e. The van der Waals surface area contributed by atoms with E-state index in [1.807, 2.05) is 29.5 Å². The van der Waals surface area contributed by atoms with Crippen molar-refractivity contribution >= 4 is 97.9 Å². The normalized spacial score (nSPS) is 24.2. The number of fused-ring (bicyclic) bond motifs is 2. The highest BCUT2D eigenvalue weighted by molar-refractivity contribution is 14.1. The van der Waals surface area contributed by atoms with E-state index in [1.54, 1.807) is 60.7 Å². The van der Waals surface area contributed by atoms with Gasteiger partial charge in [-0.25, -0.2) is 32.3 Å². The maximum atomic E-state index is 14.2. The molecular weight excluding hydrogens is 2180 g/mol. The van der Waals surface area contributed by atoms with Gasteiger partial charge in [0.15, 0.2) is 30.6 Å². The molecule has 18 rings (SSSR count). The molecule has 0 spiro atoms. The second-order valence-corrected chi connectivity index (χ2v) is 40.9. The first kappa shape index (κ1) is 112. The summed E-state index contributed by atoms with van der Waals surface area (Å²) in [6.07, 6.45) is -8.56. The number of carbonyl (C=O) groups is 6. The summed E-state index contributed by atoms with van der Waals surface area (Å²) in [7, 11) is 2.46. The van der Waals surface area contributed by atoms with Gasteiger partial charge >= 0.3 is 48.6 Å². The van der Waals surface area contributed by atoms with Crippen molar-refractivity contribution < 1.29 is 148 Å². The zero-order valence-electron chi connectivity index (χ0n) is 81.2. The molecular formula is C102H117F15I2N10O17. The molecule has 0 radical (unpaired) electrons. The average Bonchev–Trinajstić information content (AvgIpc) is 1.61. The minimum atomic E-state index is -4.58. The molecule has 7 N–H and O–H groups in total. The van der Waals surface area contributed by atoms with E-state index in [1.165, 1.54) is 60.4 Å². The Balaban J connectivity index is 0.000000155. The Morgan fingerprint density at radius 2 is 0.815 bits per heavy atom. The quantitative estimate of drug-likeness (QED) is 0.0285. The van der Waals surface area contributed by atoms with Gasteiger partial charge in [0.2, 0.25) is 0 Å². The smallest absolute Gasteiger partial charge is 0.416 e. The van der Waals surface area contributed by atoms with Crippen molar-refractivity contribution in [2.24, 2.45) is 29.2 Å². The molecule has 146 heavy (non-hydrogen) atoms. The van der Waals surface area contributed by atoms with Crippen molar-refractivity contribution in [2.45, 2.75) is 216 Å². The van der Waals surface area contributed by atoms with Gasteiger partial charge in [-0.1, -0.05) is 6.07 Å². The number of aliphatic carboxylic acids is 1. The van der Waals surface area contributed by atoms with Crippen LogP contribution in [0.1, 0.15) is 186 Å². The molecule has 0 unspecified atom stereocenters. The van der Waals surface area contributed by atoms with Crippen molar-refractivity contribution in [1.29, 1.82) is 0 Å². The molecule has 11 aliphatic rings. The Bertz CT molecular complexity index is 5890. The third kappa shape index (κ3) is 25.2. The lowest BCUT2D eigenvalue weighted by molar-refractivity contribution is -0.182. The number of phenolic OH excluding ortho intramolecular Hbond substituents is 1. The number of methoxy groups -OCH3 is 2. The van der Waals surface area contributed by atoms with Gasteiger partial charge < -0.3 is 89.2 Å². The first-order valence-electron chi connectivity index (χ1n) is 48.2. The lowest BCUT2D eigenvalue weighted by atomic mass is 9.85. The van der Waals surface area contributed by atoms with Crippen LogP contribution in [0.15, 0.2) is 109 Å². The predicted molar refractivity (Wildman–Crippen MR) is 522 cm³/mol. The van der Waals surface area contributed by atoms with E-state index >= 15 is 0 Å². The minimum Gasteiger partial charge on any atom is -0.507 e. The molecule has 44 heteroatoms. The number of amides is 2. The fourth-order valence-corrected chi connectivity index (χ4v) is 22.3. The molecule has 7 aromatic rings. The molecule has 3 saturated carbocycles. The molecule has 796 valence electrons. The summed E-state index contributed by atoms with van der Waals surface area (Å²) < 4.78 is 243. The number of carboxylic acids is 2. The standard InChI is InChI=1S/C32H37F4N3O6.C31H34F4IN3O5.C22H29FN2O5.C9H10F3N.C8H7F3INO/c1-3-43-27-13-22(32(34,35)36)12-20-16-38(18-44-28(20)27)30(42)31(21-4-5-21)9-8-24(17-45-31)37-10-11-39(19(2)15-37)23-6-7-26(33)25(14-23)29(40)41;1-18-14-37(9-10-39(18)22-5-6-25(32)24(13-22)28(40)42-2)23-7-8-30(44-16-23,20-3-4-20)29(41)38-15-19-11-21(31(33,34)35)12-26(36)27(19)43-17-38;1-14-12-24(17-7-8-22(21(27)28,30-13-17)15-3-4-15)9-10-25(14)16-5-6-19(23)18(11-16)20(26)29-2;1-6-2-3-8(9(10,11)12)4-7(6)5-13;9-8(10,11)5-1-4(3-13)7(14)6(12)2-5/h6-7,12-14,19,21,24H,3-5,8-11,15-18H2,1-2H3,(H,40,41);5-6,11-13,18,20,23H,3-4,7-10,14-17H2,1-2H3;5-6,11,14-15,17H,3-4,7-10,12-13H2,1-2H3,(H,27,28);2-4H,5,13H2,1H3;1-2,14H,3,13H2/t19-,24+,31-;18-,23+,30-;14-,17+,22-;;/m000../s1. The molecule has 7 aromatic carbocycles. The van der Waals surface area contributed by atoms with Gasteiger partial charge in [-0.15, -0.1) is 0 Å². The van der Waals surface area contributed by atoms with Crippen LogP contribution >= 0.6 is 45.2 Å². The van der Waals surface area contributed by atoms with Crippen molar-refractivity contribution in [2.75, 3.05) is 128 Å². The third-order valence-corrected chi connectivity index (χ3v) is 30.8. The summed E-state index contributed by atoms with van der Waals surface area (Å²) in [6, 6.07) is 23.2. The number of phenols is 1. The van der Waals surface area contributed by atoms with Gasteiger partial charge in [0.25, 0.3) is 11.8 Å². The summed E-state index contributed by atoms with van der Waals surface area (Å²) >= 11 is 3.47. The van der Waals surface area contributed by atoms with E-state index in [2.05, 4.69) is 48.0 Å². The lowest BCUT2D eigenvalue weighted by Gasteiger charge is -2.48. The number of aryl methyl sites for hydroxylation is 1. The second kappa shape index (κ2) is 45.9. The Morgan fingerprint density at radius 1 is 0.452 bits per heavy atom. The topological polar surface area (TPSA) is 315 Å². The first-order chi connectivity index (χ1) is 69.0.